The summed E-state index contributed by atoms with van der Waals surface area (Å²) in [6.45, 7) is -0.415. The van der Waals surface area contributed by atoms with Gasteiger partial charge in [-0.3, -0.25) is 4.79 Å². The molecule has 0 atom stereocenters. The first-order valence-corrected chi connectivity index (χ1v) is 10.4. The molecule has 0 radical (unpaired) electrons. The summed E-state index contributed by atoms with van der Waals surface area (Å²) in [7, 11) is 0. The van der Waals surface area contributed by atoms with Crippen LogP contribution in [0.25, 0.3) is 46.0 Å². The van der Waals surface area contributed by atoms with E-state index >= 15 is 0 Å². The minimum Gasteiger partial charge on any atom is -0.480 e. The summed E-state index contributed by atoms with van der Waals surface area (Å²) in [5.41, 5.74) is 5.64. The zero-order valence-corrected chi connectivity index (χ0v) is 17.8. The molecular weight excluding hydrogens is 430 g/mol. The third-order valence-electron chi connectivity index (χ3n) is 5.23. The number of aromatic nitrogens is 4. The molecule has 8 heteroatoms. The van der Waals surface area contributed by atoms with Crippen LogP contribution in [0.2, 0.25) is 0 Å². The molecule has 1 N–H and O–H groups in total. The number of carboxylic acid groups (broad SMARTS) is 1. The van der Waals surface area contributed by atoms with Crippen LogP contribution in [0.15, 0.2) is 77.2 Å². The number of para-hydroxylation sites is 2. The first-order valence-electron chi connectivity index (χ1n) is 10.4. The minimum atomic E-state index is -1.09. The van der Waals surface area contributed by atoms with E-state index < -0.39 is 12.5 Å². The van der Waals surface area contributed by atoms with Gasteiger partial charge in [0.15, 0.2) is 11.3 Å². The molecule has 0 amide bonds. The number of oxazole rings is 1. The van der Waals surface area contributed by atoms with Gasteiger partial charge in [0, 0.05) is 11.1 Å². The van der Waals surface area contributed by atoms with Crippen LogP contribution in [0.4, 0.5) is 0 Å². The second-order valence-electron chi connectivity index (χ2n) is 7.51. The predicted molar refractivity (Wildman–Crippen MR) is 126 cm³/mol. The van der Waals surface area contributed by atoms with Crippen molar-refractivity contribution in [3.63, 3.8) is 0 Å². The average Bonchev–Trinajstić information content (AvgIpc) is 3.47. The Labute approximate surface area is 194 Å². The largest absolute Gasteiger partial charge is 0.480 e. The van der Waals surface area contributed by atoms with Crippen molar-refractivity contribution in [1.29, 1.82) is 5.26 Å². The molecule has 2 aromatic heterocycles. The van der Waals surface area contributed by atoms with Crippen molar-refractivity contribution in [3.05, 3.63) is 89.6 Å². The first-order chi connectivity index (χ1) is 16.6. The Kier molecular flexibility index (Phi) is 5.42. The number of nitriles is 1. The molecule has 0 spiro atoms. The van der Waals surface area contributed by atoms with E-state index in [2.05, 4.69) is 15.3 Å². The molecule has 3 aromatic carbocycles. The van der Waals surface area contributed by atoms with Crippen molar-refractivity contribution < 1.29 is 14.3 Å². The standard InChI is InChI=1S/C26H17N5O3/c27-15-22-25(29-30-31(22)16-24(32)33)19-11-7-17(8-12-19)5-6-18-9-13-20(14-10-18)26-28-21-3-1-2-4-23(21)34-26/h1-14H,16H2,(H,32,33). The van der Waals surface area contributed by atoms with Crippen LogP contribution >= 0.6 is 0 Å². The van der Waals surface area contributed by atoms with E-state index in [1.54, 1.807) is 0 Å². The molecular formula is C26H17N5O3. The Morgan fingerprint density at radius 3 is 2.24 bits per heavy atom. The highest BCUT2D eigenvalue weighted by atomic mass is 16.4. The fourth-order valence-electron chi connectivity index (χ4n) is 3.53. The maximum atomic E-state index is 10.9. The summed E-state index contributed by atoms with van der Waals surface area (Å²) in [6, 6.07) is 25.0. The normalized spacial score (nSPS) is 11.1. The molecule has 5 rings (SSSR count). The molecule has 164 valence electrons. The summed E-state index contributed by atoms with van der Waals surface area (Å²) in [5.74, 6) is -0.500. The molecule has 0 aliphatic rings. The van der Waals surface area contributed by atoms with Crippen LogP contribution in [0.3, 0.4) is 0 Å². The van der Waals surface area contributed by atoms with Crippen molar-refractivity contribution in [3.8, 4) is 28.8 Å². The number of hydrogen-bond donors (Lipinski definition) is 1. The van der Waals surface area contributed by atoms with Gasteiger partial charge in [0.05, 0.1) is 0 Å². The van der Waals surface area contributed by atoms with Gasteiger partial charge in [-0.1, -0.05) is 65.9 Å². The van der Waals surface area contributed by atoms with Gasteiger partial charge in [-0.15, -0.1) is 5.10 Å². The van der Waals surface area contributed by atoms with E-state index in [0.29, 0.717) is 17.1 Å². The third kappa shape index (κ3) is 4.18. The lowest BCUT2D eigenvalue weighted by atomic mass is 10.1. The predicted octanol–water partition coefficient (Wildman–Crippen LogP) is 4.88. The summed E-state index contributed by atoms with van der Waals surface area (Å²) >= 11 is 0. The molecule has 0 bridgehead atoms. The molecule has 0 saturated heterocycles. The zero-order valence-electron chi connectivity index (χ0n) is 17.8. The van der Waals surface area contributed by atoms with Gasteiger partial charge in [-0.2, -0.15) is 5.26 Å². The summed E-state index contributed by atoms with van der Waals surface area (Å²) in [5, 5.41) is 26.1. The lowest BCUT2D eigenvalue weighted by molar-refractivity contribution is -0.137. The topological polar surface area (TPSA) is 118 Å². The lowest BCUT2D eigenvalue weighted by Crippen LogP contribution is -2.12. The fraction of sp³-hybridized carbons (Fsp3) is 0.0385. The van der Waals surface area contributed by atoms with Crippen molar-refractivity contribution >= 4 is 29.2 Å². The number of carboxylic acids is 1. The minimum absolute atomic E-state index is 0.115. The van der Waals surface area contributed by atoms with Gasteiger partial charge < -0.3 is 9.52 Å². The SMILES string of the molecule is N#Cc1c(-c2ccc(C=Cc3ccc(-c4nc5ccccc5o4)cc3)cc2)nnn1CC(=O)O. The van der Waals surface area contributed by atoms with E-state index in [-0.39, 0.29) is 5.69 Å². The van der Waals surface area contributed by atoms with Gasteiger partial charge in [-0.25, -0.2) is 9.67 Å². The molecule has 0 unspecified atom stereocenters. The van der Waals surface area contributed by atoms with E-state index in [0.717, 1.165) is 32.5 Å². The summed E-state index contributed by atoms with van der Waals surface area (Å²) in [6.07, 6.45) is 3.97. The molecule has 0 aliphatic carbocycles. The highest BCUT2D eigenvalue weighted by Crippen LogP contribution is 2.25. The smallest absolute Gasteiger partial charge is 0.325 e. The number of rotatable bonds is 6. The molecule has 2 heterocycles. The van der Waals surface area contributed by atoms with Crippen molar-refractivity contribution in [2.24, 2.45) is 0 Å². The van der Waals surface area contributed by atoms with Gasteiger partial charge in [0.25, 0.3) is 0 Å². The van der Waals surface area contributed by atoms with Gasteiger partial charge in [0.1, 0.15) is 23.8 Å². The molecule has 34 heavy (non-hydrogen) atoms. The zero-order chi connectivity index (χ0) is 23.5. The van der Waals surface area contributed by atoms with E-state index in [1.807, 2.05) is 91.0 Å². The third-order valence-corrected chi connectivity index (χ3v) is 5.23. The number of benzene rings is 3. The highest BCUT2D eigenvalue weighted by molar-refractivity contribution is 5.77. The van der Waals surface area contributed by atoms with Crippen LogP contribution in [-0.2, 0) is 11.3 Å². The Morgan fingerprint density at radius 2 is 1.62 bits per heavy atom. The highest BCUT2D eigenvalue weighted by Gasteiger charge is 2.16. The Hall–Kier alpha value is -5.03. The number of hydrogen-bond acceptors (Lipinski definition) is 6. The molecule has 0 aliphatic heterocycles. The fourth-order valence-corrected chi connectivity index (χ4v) is 3.53. The molecule has 5 aromatic rings. The average molecular weight is 447 g/mol. The summed E-state index contributed by atoms with van der Waals surface area (Å²) < 4.78 is 6.90. The Morgan fingerprint density at radius 1 is 0.971 bits per heavy atom. The maximum absolute atomic E-state index is 10.9. The van der Waals surface area contributed by atoms with Crippen LogP contribution in [0, 0.1) is 11.3 Å². The number of nitrogens with zero attached hydrogens (tertiary/aromatic N) is 5. The van der Waals surface area contributed by atoms with Crippen molar-refractivity contribution in [2.75, 3.05) is 0 Å². The van der Waals surface area contributed by atoms with E-state index in [4.69, 9.17) is 9.52 Å². The van der Waals surface area contributed by atoms with Gasteiger partial charge >= 0.3 is 5.97 Å². The van der Waals surface area contributed by atoms with Crippen LogP contribution in [0.1, 0.15) is 16.8 Å². The van der Waals surface area contributed by atoms with Crippen LogP contribution in [-0.4, -0.2) is 31.1 Å². The maximum Gasteiger partial charge on any atom is 0.325 e. The second kappa shape index (κ2) is 8.84. The Balaban J connectivity index is 1.31. The lowest BCUT2D eigenvalue weighted by Gasteiger charge is -2.01. The molecule has 8 nitrogen and oxygen atoms in total. The van der Waals surface area contributed by atoms with Crippen molar-refractivity contribution in [1.82, 2.24) is 20.0 Å². The van der Waals surface area contributed by atoms with Crippen molar-refractivity contribution in [2.45, 2.75) is 6.54 Å². The van der Waals surface area contributed by atoms with E-state index in [1.165, 1.54) is 0 Å². The van der Waals surface area contributed by atoms with E-state index in [9.17, 15) is 10.1 Å². The molecule has 0 saturated carbocycles. The van der Waals surface area contributed by atoms with Crippen LogP contribution in [0.5, 0.6) is 0 Å². The molecule has 0 fully saturated rings. The number of aliphatic carboxylic acids is 1. The monoisotopic (exact) mass is 447 g/mol. The number of carbonyl (C=O) groups is 1. The van der Waals surface area contributed by atoms with Gasteiger partial charge in [0.2, 0.25) is 5.89 Å². The number of fused-ring (bicyclic) bond motifs is 1. The second-order valence-corrected chi connectivity index (χ2v) is 7.51. The quantitative estimate of drug-likeness (QED) is 0.369. The van der Waals surface area contributed by atoms with Gasteiger partial charge in [-0.05, 0) is 35.4 Å². The summed E-state index contributed by atoms with van der Waals surface area (Å²) in [4.78, 5) is 15.5. The van der Waals surface area contributed by atoms with Crippen LogP contribution < -0.4 is 0 Å². The first kappa shape index (κ1) is 20.8. The Bertz CT molecular complexity index is 1520.